The van der Waals surface area contributed by atoms with Crippen molar-refractivity contribution >= 4 is 34.7 Å². The van der Waals surface area contributed by atoms with Crippen molar-refractivity contribution in [3.63, 3.8) is 0 Å². The number of rotatable bonds is 6. The highest BCUT2D eigenvalue weighted by atomic mass is 35.5. The molecular formula is C15H17ClN2O2S. The minimum absolute atomic E-state index is 0.244. The Morgan fingerprint density at radius 2 is 2.24 bits per heavy atom. The second kappa shape index (κ2) is 7.90. The lowest BCUT2D eigenvalue weighted by Gasteiger charge is -2.10. The summed E-state index contributed by atoms with van der Waals surface area (Å²) in [5.41, 5.74) is 0.636. The van der Waals surface area contributed by atoms with E-state index in [0.717, 1.165) is 6.42 Å². The molecule has 0 radical (unpaired) electrons. The number of carbonyl (C=O) groups is 1. The lowest BCUT2D eigenvalue weighted by Crippen LogP contribution is -2.30. The predicted molar refractivity (Wildman–Crippen MR) is 87.7 cm³/mol. The largest absolute Gasteiger partial charge is 0.492 e. The van der Waals surface area contributed by atoms with Crippen LogP contribution >= 0.6 is 22.9 Å². The van der Waals surface area contributed by atoms with E-state index in [2.05, 4.69) is 16.7 Å². The third-order valence-electron chi connectivity index (χ3n) is 2.73. The molecule has 2 N–H and O–H groups in total. The molecule has 0 unspecified atom stereocenters. The zero-order chi connectivity index (χ0) is 15.1. The molecule has 4 nitrogen and oxygen atoms in total. The van der Waals surface area contributed by atoms with Gasteiger partial charge in [0.1, 0.15) is 5.75 Å². The fraction of sp³-hybridized carbons (Fsp3) is 0.267. The van der Waals surface area contributed by atoms with Crippen molar-refractivity contribution in [1.82, 2.24) is 5.32 Å². The number of carbonyl (C=O) groups excluding carboxylic acids is 1. The standard InChI is InChI=1S/C15H17ClN2O2S/c1-2-20-14-6-5-11(10-13(14)16)18-15(19)17-8-7-12-4-3-9-21-12/h3-6,9-10H,2,7-8H2,1H3,(H2,17,18,19). The van der Waals surface area contributed by atoms with Gasteiger partial charge in [-0.15, -0.1) is 11.3 Å². The molecule has 0 bridgehead atoms. The summed E-state index contributed by atoms with van der Waals surface area (Å²) >= 11 is 7.75. The van der Waals surface area contributed by atoms with E-state index in [4.69, 9.17) is 16.3 Å². The number of anilines is 1. The van der Waals surface area contributed by atoms with Crippen molar-refractivity contribution in [2.24, 2.45) is 0 Å². The smallest absolute Gasteiger partial charge is 0.319 e. The van der Waals surface area contributed by atoms with Gasteiger partial charge in [0.2, 0.25) is 0 Å². The van der Waals surface area contributed by atoms with Crippen LogP contribution in [0.25, 0.3) is 0 Å². The van der Waals surface area contributed by atoms with Gasteiger partial charge >= 0.3 is 6.03 Å². The van der Waals surface area contributed by atoms with Crippen molar-refractivity contribution in [2.45, 2.75) is 13.3 Å². The lowest BCUT2D eigenvalue weighted by molar-refractivity contribution is 0.252. The zero-order valence-electron chi connectivity index (χ0n) is 11.7. The average molecular weight is 325 g/mol. The van der Waals surface area contributed by atoms with Crippen LogP contribution < -0.4 is 15.4 Å². The molecule has 0 saturated carbocycles. The second-order valence-electron chi connectivity index (χ2n) is 4.29. The number of hydrogen-bond donors (Lipinski definition) is 2. The van der Waals surface area contributed by atoms with Gasteiger partial charge < -0.3 is 15.4 Å². The number of thiophene rings is 1. The summed E-state index contributed by atoms with van der Waals surface area (Å²) in [6.07, 6.45) is 0.828. The summed E-state index contributed by atoms with van der Waals surface area (Å²) in [6, 6.07) is 8.99. The highest BCUT2D eigenvalue weighted by Gasteiger charge is 2.05. The average Bonchev–Trinajstić information content (AvgIpc) is 2.95. The Morgan fingerprint density at radius 3 is 2.90 bits per heavy atom. The van der Waals surface area contributed by atoms with Crippen LogP contribution in [0.15, 0.2) is 35.7 Å². The number of ether oxygens (including phenoxy) is 1. The van der Waals surface area contributed by atoms with E-state index >= 15 is 0 Å². The van der Waals surface area contributed by atoms with Crippen LogP contribution in [0.1, 0.15) is 11.8 Å². The maximum absolute atomic E-state index is 11.8. The Morgan fingerprint density at radius 1 is 1.38 bits per heavy atom. The molecular weight excluding hydrogens is 308 g/mol. The molecule has 112 valence electrons. The first-order valence-electron chi connectivity index (χ1n) is 6.68. The Balaban J connectivity index is 1.80. The van der Waals surface area contributed by atoms with Gasteiger partial charge in [-0.25, -0.2) is 4.79 Å². The molecule has 0 fully saturated rings. The SMILES string of the molecule is CCOc1ccc(NC(=O)NCCc2cccs2)cc1Cl. The number of urea groups is 1. The molecule has 1 aromatic heterocycles. The van der Waals surface area contributed by atoms with Crippen molar-refractivity contribution < 1.29 is 9.53 Å². The van der Waals surface area contributed by atoms with Gasteiger partial charge in [-0.1, -0.05) is 17.7 Å². The molecule has 2 aromatic rings. The van der Waals surface area contributed by atoms with Gasteiger partial charge in [0.15, 0.2) is 0 Å². The second-order valence-corrected chi connectivity index (χ2v) is 5.73. The number of halogens is 1. The molecule has 0 aliphatic carbocycles. The van der Waals surface area contributed by atoms with Gasteiger partial charge in [-0.3, -0.25) is 0 Å². The molecule has 0 saturated heterocycles. The van der Waals surface area contributed by atoms with Crippen LogP contribution in [0, 0.1) is 0 Å². The van der Waals surface area contributed by atoms with Gasteiger partial charge in [-0.2, -0.15) is 0 Å². The zero-order valence-corrected chi connectivity index (χ0v) is 13.3. The summed E-state index contributed by atoms with van der Waals surface area (Å²) in [7, 11) is 0. The van der Waals surface area contributed by atoms with Crippen molar-refractivity contribution in [1.29, 1.82) is 0 Å². The molecule has 1 aromatic carbocycles. The fourth-order valence-corrected chi connectivity index (χ4v) is 2.72. The summed E-state index contributed by atoms with van der Waals surface area (Å²) in [6.45, 7) is 3.04. The maximum atomic E-state index is 11.8. The van der Waals surface area contributed by atoms with Gasteiger partial charge in [0.05, 0.1) is 11.6 Å². The monoisotopic (exact) mass is 324 g/mol. The van der Waals surface area contributed by atoms with Crippen LogP contribution in [-0.2, 0) is 6.42 Å². The highest BCUT2D eigenvalue weighted by molar-refractivity contribution is 7.09. The molecule has 2 rings (SSSR count). The molecule has 0 aliphatic heterocycles. The number of amides is 2. The minimum Gasteiger partial charge on any atom is -0.492 e. The van der Waals surface area contributed by atoms with E-state index in [9.17, 15) is 4.79 Å². The first-order valence-corrected chi connectivity index (χ1v) is 7.94. The summed E-state index contributed by atoms with van der Waals surface area (Å²) < 4.78 is 5.34. The van der Waals surface area contributed by atoms with Crippen LogP contribution in [0.2, 0.25) is 5.02 Å². The van der Waals surface area contributed by atoms with Crippen molar-refractivity contribution in [3.05, 3.63) is 45.6 Å². The first kappa shape index (κ1) is 15.7. The third kappa shape index (κ3) is 4.95. The number of benzene rings is 1. The Hall–Kier alpha value is -1.72. The van der Waals surface area contributed by atoms with E-state index in [1.54, 1.807) is 29.5 Å². The molecule has 0 spiro atoms. The van der Waals surface area contributed by atoms with E-state index in [1.165, 1.54) is 4.88 Å². The van der Waals surface area contributed by atoms with E-state index in [0.29, 0.717) is 29.6 Å². The van der Waals surface area contributed by atoms with E-state index in [1.807, 2.05) is 18.4 Å². The van der Waals surface area contributed by atoms with Crippen LogP contribution in [0.5, 0.6) is 5.75 Å². The molecule has 21 heavy (non-hydrogen) atoms. The maximum Gasteiger partial charge on any atom is 0.319 e. The Bertz CT molecular complexity index is 587. The normalized spacial score (nSPS) is 10.2. The minimum atomic E-state index is -0.244. The van der Waals surface area contributed by atoms with Crippen LogP contribution in [0.4, 0.5) is 10.5 Å². The lowest BCUT2D eigenvalue weighted by atomic mass is 10.3. The molecule has 1 heterocycles. The topological polar surface area (TPSA) is 50.4 Å². The Labute approximate surface area is 133 Å². The summed E-state index contributed by atoms with van der Waals surface area (Å²) in [5, 5.41) is 8.06. The van der Waals surface area contributed by atoms with Crippen molar-refractivity contribution in [3.8, 4) is 5.75 Å². The van der Waals surface area contributed by atoms with Gasteiger partial charge in [0, 0.05) is 17.1 Å². The molecule has 6 heteroatoms. The molecule has 0 atom stereocenters. The molecule has 0 aliphatic rings. The first-order chi connectivity index (χ1) is 10.2. The van der Waals surface area contributed by atoms with E-state index in [-0.39, 0.29) is 6.03 Å². The Kier molecular flexibility index (Phi) is 5.90. The summed E-state index contributed by atoms with van der Waals surface area (Å²) in [4.78, 5) is 13.0. The van der Waals surface area contributed by atoms with Crippen LogP contribution in [-0.4, -0.2) is 19.2 Å². The van der Waals surface area contributed by atoms with Crippen LogP contribution in [0.3, 0.4) is 0 Å². The highest BCUT2D eigenvalue weighted by Crippen LogP contribution is 2.27. The number of hydrogen-bond acceptors (Lipinski definition) is 3. The van der Waals surface area contributed by atoms with E-state index < -0.39 is 0 Å². The number of nitrogens with one attached hydrogen (secondary N) is 2. The van der Waals surface area contributed by atoms with Gasteiger partial charge in [-0.05, 0) is 43.0 Å². The van der Waals surface area contributed by atoms with Crippen molar-refractivity contribution in [2.75, 3.05) is 18.5 Å². The van der Waals surface area contributed by atoms with Gasteiger partial charge in [0.25, 0.3) is 0 Å². The summed E-state index contributed by atoms with van der Waals surface area (Å²) in [5.74, 6) is 0.614. The third-order valence-corrected chi connectivity index (χ3v) is 3.96. The predicted octanol–water partition coefficient (Wildman–Crippen LogP) is 4.16. The fourth-order valence-electron chi connectivity index (χ4n) is 1.78. The molecule has 2 amide bonds. The quantitative estimate of drug-likeness (QED) is 0.838.